The topological polar surface area (TPSA) is 28.7 Å². The Morgan fingerprint density at radius 1 is 1.19 bits per heavy atom. The van der Waals surface area contributed by atoms with Gasteiger partial charge in [0.05, 0.1) is 11.2 Å². The first-order chi connectivity index (χ1) is 7.48. The highest BCUT2D eigenvalue weighted by molar-refractivity contribution is 6.33. The second-order valence-electron chi connectivity index (χ2n) is 3.12. The van der Waals surface area contributed by atoms with Crippen LogP contribution >= 0.6 is 11.6 Å². The standard InChI is InChI=1S/C10H6ClF3N2/c11-7-4-2-1-3-6(7)9-15-5-8(16-9)10(12,13)14/h1-5H,(H,15,16). The van der Waals surface area contributed by atoms with Gasteiger partial charge in [-0.05, 0) is 12.1 Å². The largest absolute Gasteiger partial charge is 0.432 e. The zero-order chi connectivity index (χ0) is 11.8. The van der Waals surface area contributed by atoms with Crippen molar-refractivity contribution in [3.8, 4) is 11.4 Å². The fourth-order valence-corrected chi connectivity index (χ4v) is 1.48. The minimum atomic E-state index is -4.42. The number of hydrogen-bond donors (Lipinski definition) is 1. The SMILES string of the molecule is FC(F)(F)c1cnc(-c2ccccc2Cl)[nH]1. The van der Waals surface area contributed by atoms with E-state index in [1.54, 1.807) is 24.3 Å². The maximum Gasteiger partial charge on any atom is 0.432 e. The molecule has 0 radical (unpaired) electrons. The molecule has 84 valence electrons. The van der Waals surface area contributed by atoms with Crippen LogP contribution in [0.5, 0.6) is 0 Å². The molecule has 0 aliphatic carbocycles. The van der Waals surface area contributed by atoms with Crippen LogP contribution in [0.15, 0.2) is 30.5 Å². The summed E-state index contributed by atoms with van der Waals surface area (Å²) in [6, 6.07) is 6.56. The van der Waals surface area contributed by atoms with Crippen LogP contribution < -0.4 is 0 Å². The Hall–Kier alpha value is -1.49. The monoisotopic (exact) mass is 246 g/mol. The van der Waals surface area contributed by atoms with E-state index in [-0.39, 0.29) is 5.82 Å². The average molecular weight is 247 g/mol. The minimum absolute atomic E-state index is 0.109. The Bertz CT molecular complexity index is 505. The van der Waals surface area contributed by atoms with E-state index in [1.807, 2.05) is 0 Å². The molecule has 0 amide bonds. The molecule has 0 spiro atoms. The normalized spacial score (nSPS) is 11.8. The number of hydrogen-bond acceptors (Lipinski definition) is 1. The summed E-state index contributed by atoms with van der Waals surface area (Å²) in [7, 11) is 0. The molecule has 1 N–H and O–H groups in total. The molecule has 16 heavy (non-hydrogen) atoms. The van der Waals surface area contributed by atoms with Crippen molar-refractivity contribution in [1.29, 1.82) is 0 Å². The molecule has 0 saturated carbocycles. The van der Waals surface area contributed by atoms with Gasteiger partial charge in [-0.1, -0.05) is 23.7 Å². The number of aromatic nitrogens is 2. The summed E-state index contributed by atoms with van der Waals surface area (Å²) in [6.45, 7) is 0. The summed E-state index contributed by atoms with van der Waals surface area (Å²) in [4.78, 5) is 5.84. The Morgan fingerprint density at radius 2 is 1.88 bits per heavy atom. The van der Waals surface area contributed by atoms with Crippen LogP contribution in [0.4, 0.5) is 13.2 Å². The summed E-state index contributed by atoms with van der Waals surface area (Å²) in [5, 5.41) is 0.352. The molecule has 2 nitrogen and oxygen atoms in total. The number of benzene rings is 1. The minimum Gasteiger partial charge on any atom is -0.334 e. The number of H-pyrrole nitrogens is 1. The lowest BCUT2D eigenvalue weighted by atomic mass is 10.2. The lowest BCUT2D eigenvalue weighted by molar-refractivity contribution is -0.140. The molecule has 0 aliphatic rings. The van der Waals surface area contributed by atoms with Crippen LogP contribution in [0.1, 0.15) is 5.69 Å². The lowest BCUT2D eigenvalue weighted by Crippen LogP contribution is -2.04. The highest BCUT2D eigenvalue weighted by Gasteiger charge is 2.33. The Labute approximate surface area is 94.1 Å². The molecule has 1 aromatic carbocycles. The van der Waals surface area contributed by atoms with Gasteiger partial charge in [-0.15, -0.1) is 0 Å². The molecule has 1 aromatic heterocycles. The van der Waals surface area contributed by atoms with Crippen molar-refractivity contribution in [3.63, 3.8) is 0 Å². The first-order valence-corrected chi connectivity index (χ1v) is 4.73. The van der Waals surface area contributed by atoms with Gasteiger partial charge in [0.1, 0.15) is 11.5 Å². The zero-order valence-electron chi connectivity index (χ0n) is 7.85. The molecular formula is C10H6ClF3N2. The first kappa shape index (κ1) is 11.0. The zero-order valence-corrected chi connectivity index (χ0v) is 8.60. The molecule has 2 rings (SSSR count). The predicted molar refractivity (Wildman–Crippen MR) is 54.0 cm³/mol. The van der Waals surface area contributed by atoms with Gasteiger partial charge >= 0.3 is 6.18 Å². The van der Waals surface area contributed by atoms with Crippen molar-refractivity contribution in [2.24, 2.45) is 0 Å². The number of rotatable bonds is 1. The smallest absolute Gasteiger partial charge is 0.334 e. The average Bonchev–Trinajstić information content (AvgIpc) is 2.66. The molecule has 1 heterocycles. The van der Waals surface area contributed by atoms with Crippen LogP contribution in [0.3, 0.4) is 0 Å². The van der Waals surface area contributed by atoms with Gasteiger partial charge < -0.3 is 4.98 Å². The van der Waals surface area contributed by atoms with Crippen LogP contribution in [0.2, 0.25) is 5.02 Å². The first-order valence-electron chi connectivity index (χ1n) is 4.35. The van der Waals surface area contributed by atoms with Crippen molar-refractivity contribution in [3.05, 3.63) is 41.2 Å². The summed E-state index contributed by atoms with van der Waals surface area (Å²) in [5.74, 6) is 0.109. The molecule has 2 aromatic rings. The van der Waals surface area contributed by atoms with Crippen molar-refractivity contribution in [2.75, 3.05) is 0 Å². The number of aromatic amines is 1. The fraction of sp³-hybridized carbons (Fsp3) is 0.100. The molecule has 6 heteroatoms. The highest BCUT2D eigenvalue weighted by atomic mass is 35.5. The number of halogens is 4. The van der Waals surface area contributed by atoms with Gasteiger partial charge in [-0.25, -0.2) is 4.98 Å². The molecule has 0 atom stereocenters. The molecule has 0 unspecified atom stereocenters. The van der Waals surface area contributed by atoms with Gasteiger partial charge in [0.2, 0.25) is 0 Å². The van der Waals surface area contributed by atoms with Crippen LogP contribution in [-0.4, -0.2) is 9.97 Å². The van der Waals surface area contributed by atoms with E-state index in [4.69, 9.17) is 11.6 Å². The van der Waals surface area contributed by atoms with Gasteiger partial charge in [0.15, 0.2) is 0 Å². The maximum absolute atomic E-state index is 12.3. The summed E-state index contributed by atoms with van der Waals surface area (Å²) >= 11 is 5.84. The maximum atomic E-state index is 12.3. The quantitative estimate of drug-likeness (QED) is 0.816. The van der Waals surface area contributed by atoms with E-state index in [1.165, 1.54) is 0 Å². The number of imidazole rings is 1. The van der Waals surface area contributed by atoms with Crippen LogP contribution in [0.25, 0.3) is 11.4 Å². The molecule has 0 bridgehead atoms. The van der Waals surface area contributed by atoms with Gasteiger partial charge in [0.25, 0.3) is 0 Å². The van der Waals surface area contributed by atoms with Crippen molar-refractivity contribution < 1.29 is 13.2 Å². The second kappa shape index (κ2) is 3.83. The van der Waals surface area contributed by atoms with Gasteiger partial charge in [-0.3, -0.25) is 0 Å². The van der Waals surface area contributed by atoms with E-state index in [0.29, 0.717) is 10.6 Å². The molecular weight excluding hydrogens is 241 g/mol. The van der Waals surface area contributed by atoms with Gasteiger partial charge in [0, 0.05) is 5.56 Å². The van der Waals surface area contributed by atoms with Crippen molar-refractivity contribution in [1.82, 2.24) is 9.97 Å². The number of nitrogens with one attached hydrogen (secondary N) is 1. The Kier molecular flexibility index (Phi) is 2.63. The fourth-order valence-electron chi connectivity index (χ4n) is 1.26. The van der Waals surface area contributed by atoms with E-state index >= 15 is 0 Å². The van der Waals surface area contributed by atoms with Crippen LogP contribution in [0, 0.1) is 0 Å². The summed E-state index contributed by atoms with van der Waals surface area (Å²) in [6.07, 6.45) is -3.68. The number of alkyl halides is 3. The summed E-state index contributed by atoms with van der Waals surface area (Å²) < 4.78 is 36.9. The van der Waals surface area contributed by atoms with E-state index in [2.05, 4.69) is 9.97 Å². The van der Waals surface area contributed by atoms with E-state index in [0.717, 1.165) is 6.20 Å². The third kappa shape index (κ3) is 2.04. The molecule has 0 saturated heterocycles. The lowest BCUT2D eigenvalue weighted by Gasteiger charge is -2.02. The summed E-state index contributed by atoms with van der Waals surface area (Å²) in [5.41, 5.74) is -0.443. The molecule has 0 fully saturated rings. The Morgan fingerprint density at radius 3 is 2.44 bits per heavy atom. The third-order valence-electron chi connectivity index (χ3n) is 2.01. The Balaban J connectivity index is 2.44. The second-order valence-corrected chi connectivity index (χ2v) is 3.53. The highest BCUT2D eigenvalue weighted by Crippen LogP contribution is 2.31. The van der Waals surface area contributed by atoms with E-state index < -0.39 is 11.9 Å². The van der Waals surface area contributed by atoms with Crippen molar-refractivity contribution in [2.45, 2.75) is 6.18 Å². The van der Waals surface area contributed by atoms with Crippen LogP contribution in [-0.2, 0) is 6.18 Å². The third-order valence-corrected chi connectivity index (χ3v) is 2.34. The number of nitrogens with zero attached hydrogens (tertiary/aromatic N) is 1. The predicted octanol–water partition coefficient (Wildman–Crippen LogP) is 3.75. The van der Waals surface area contributed by atoms with Gasteiger partial charge in [-0.2, -0.15) is 13.2 Å². The van der Waals surface area contributed by atoms with Crippen molar-refractivity contribution >= 4 is 11.6 Å². The molecule has 0 aliphatic heterocycles. The van der Waals surface area contributed by atoms with E-state index in [9.17, 15) is 13.2 Å².